The number of nitrogens with zero attached hydrogens (tertiary/aromatic N) is 5. The smallest absolute Gasteiger partial charge is 0.227 e. The molecule has 140 valence electrons. The van der Waals surface area contributed by atoms with Crippen molar-refractivity contribution >= 4 is 17.2 Å². The Kier molecular flexibility index (Phi) is 5.04. The van der Waals surface area contributed by atoms with Crippen molar-refractivity contribution in [3.63, 3.8) is 0 Å². The number of carbonyl (C=O) groups excluding carboxylic acids is 1. The summed E-state index contributed by atoms with van der Waals surface area (Å²) in [5.41, 5.74) is 2.81. The maximum absolute atomic E-state index is 12.9. The molecule has 0 saturated carbocycles. The fourth-order valence-electron chi connectivity index (χ4n) is 3.94. The van der Waals surface area contributed by atoms with Gasteiger partial charge in [-0.25, -0.2) is 4.98 Å². The lowest BCUT2D eigenvalue weighted by molar-refractivity contribution is -0.140. The number of aromatic nitrogens is 3. The van der Waals surface area contributed by atoms with Crippen LogP contribution < -0.4 is 0 Å². The standard InChI is InChI=1S/C18H25N5O2S/c1-12(2)5-17-20-16(21-25-17)9-22-6-13-3-4-15(8-22)23(18(13)24)7-14-10-26-11-19-14/h10-13,15H,3-9H2,1-2H3/t13-,15+/m1/s1. The molecule has 3 aliphatic heterocycles. The van der Waals surface area contributed by atoms with Gasteiger partial charge in [0.1, 0.15) is 0 Å². The third-order valence-corrected chi connectivity index (χ3v) is 5.78. The van der Waals surface area contributed by atoms with E-state index in [2.05, 4.69) is 33.9 Å². The van der Waals surface area contributed by atoms with Crippen molar-refractivity contribution in [3.05, 3.63) is 28.3 Å². The fraction of sp³-hybridized carbons (Fsp3) is 0.667. The van der Waals surface area contributed by atoms with Gasteiger partial charge in [-0.05, 0) is 18.8 Å². The molecule has 2 atom stereocenters. The molecular formula is C18H25N5O2S. The Morgan fingerprint density at radius 3 is 2.96 bits per heavy atom. The van der Waals surface area contributed by atoms with Crippen LogP contribution in [0.2, 0.25) is 0 Å². The number of piperidine rings is 1. The number of amides is 1. The maximum atomic E-state index is 12.9. The second-order valence-electron chi connectivity index (χ2n) is 7.77. The Bertz CT molecular complexity index is 745. The van der Waals surface area contributed by atoms with Crippen LogP contribution in [0, 0.1) is 11.8 Å². The van der Waals surface area contributed by atoms with Crippen molar-refractivity contribution < 1.29 is 9.32 Å². The normalized spacial score (nSPS) is 23.8. The highest BCUT2D eigenvalue weighted by Gasteiger charge is 2.40. The molecule has 0 radical (unpaired) electrons. The van der Waals surface area contributed by atoms with E-state index in [1.807, 2.05) is 15.8 Å². The highest BCUT2D eigenvalue weighted by atomic mass is 32.1. The first kappa shape index (κ1) is 17.6. The Labute approximate surface area is 157 Å². The van der Waals surface area contributed by atoms with Crippen LogP contribution >= 0.6 is 11.3 Å². The summed E-state index contributed by atoms with van der Waals surface area (Å²) in [6.45, 7) is 7.18. The van der Waals surface area contributed by atoms with Gasteiger partial charge >= 0.3 is 0 Å². The third-order valence-electron chi connectivity index (χ3n) is 5.14. The molecule has 26 heavy (non-hydrogen) atoms. The molecule has 3 fully saturated rings. The first-order chi connectivity index (χ1) is 12.6. The van der Waals surface area contributed by atoms with Gasteiger partial charge in [-0.1, -0.05) is 19.0 Å². The van der Waals surface area contributed by atoms with Crippen molar-refractivity contribution in [1.82, 2.24) is 24.9 Å². The number of carbonyl (C=O) groups is 1. The van der Waals surface area contributed by atoms with E-state index in [4.69, 9.17) is 4.52 Å². The van der Waals surface area contributed by atoms with E-state index in [0.29, 0.717) is 24.9 Å². The first-order valence-electron chi connectivity index (χ1n) is 9.30. The largest absolute Gasteiger partial charge is 0.339 e. The maximum Gasteiger partial charge on any atom is 0.227 e. The Morgan fingerprint density at radius 1 is 1.31 bits per heavy atom. The number of hydrogen-bond donors (Lipinski definition) is 0. The quantitative estimate of drug-likeness (QED) is 0.771. The molecule has 0 aliphatic carbocycles. The van der Waals surface area contributed by atoms with E-state index in [-0.39, 0.29) is 17.9 Å². The number of fused-ring (bicyclic) bond motifs is 4. The molecule has 1 amide bonds. The summed E-state index contributed by atoms with van der Waals surface area (Å²) in [7, 11) is 0. The molecule has 5 rings (SSSR count). The van der Waals surface area contributed by atoms with E-state index in [0.717, 1.165) is 43.9 Å². The number of rotatable bonds is 6. The minimum absolute atomic E-state index is 0.0643. The van der Waals surface area contributed by atoms with Crippen LogP contribution in [0.25, 0.3) is 0 Å². The molecule has 3 aliphatic rings. The molecule has 0 N–H and O–H groups in total. The summed E-state index contributed by atoms with van der Waals surface area (Å²) in [6, 6.07) is 0.241. The first-order valence-corrected chi connectivity index (χ1v) is 10.2. The Hall–Kier alpha value is -1.80. The van der Waals surface area contributed by atoms with Crippen LogP contribution in [-0.2, 0) is 24.3 Å². The second-order valence-corrected chi connectivity index (χ2v) is 8.49. The van der Waals surface area contributed by atoms with Crippen molar-refractivity contribution in [2.75, 3.05) is 13.1 Å². The molecule has 0 spiro atoms. The van der Waals surface area contributed by atoms with Gasteiger partial charge in [-0.3, -0.25) is 9.69 Å². The number of hydrogen-bond acceptors (Lipinski definition) is 7. The highest BCUT2D eigenvalue weighted by molar-refractivity contribution is 7.07. The summed E-state index contributed by atoms with van der Waals surface area (Å²) >= 11 is 1.58. The molecule has 3 saturated heterocycles. The predicted octanol–water partition coefficient (Wildman–Crippen LogP) is 2.35. The molecule has 5 heterocycles. The van der Waals surface area contributed by atoms with Crippen LogP contribution in [0.15, 0.2) is 15.4 Å². The minimum Gasteiger partial charge on any atom is -0.339 e. The van der Waals surface area contributed by atoms with Crippen LogP contribution in [0.4, 0.5) is 0 Å². The van der Waals surface area contributed by atoms with Crippen molar-refractivity contribution in [3.8, 4) is 0 Å². The van der Waals surface area contributed by atoms with Gasteiger partial charge in [-0.2, -0.15) is 4.98 Å². The lowest BCUT2D eigenvalue weighted by atomic mass is 9.94. The van der Waals surface area contributed by atoms with Gasteiger partial charge in [0.05, 0.1) is 30.2 Å². The van der Waals surface area contributed by atoms with Crippen LogP contribution in [0.5, 0.6) is 0 Å². The Morgan fingerprint density at radius 2 is 2.19 bits per heavy atom. The second kappa shape index (κ2) is 7.44. The van der Waals surface area contributed by atoms with Gasteiger partial charge in [0.15, 0.2) is 5.82 Å². The predicted molar refractivity (Wildman–Crippen MR) is 97.3 cm³/mol. The van der Waals surface area contributed by atoms with Crippen molar-refractivity contribution in [1.29, 1.82) is 0 Å². The van der Waals surface area contributed by atoms with E-state index in [1.165, 1.54) is 0 Å². The van der Waals surface area contributed by atoms with Gasteiger partial charge in [0.2, 0.25) is 11.8 Å². The highest BCUT2D eigenvalue weighted by Crippen LogP contribution is 2.30. The zero-order valence-electron chi connectivity index (χ0n) is 15.3. The summed E-state index contributed by atoms with van der Waals surface area (Å²) in [5, 5.41) is 6.16. The summed E-state index contributed by atoms with van der Waals surface area (Å²) in [5.74, 6) is 2.25. The monoisotopic (exact) mass is 375 g/mol. The molecule has 2 aromatic heterocycles. The van der Waals surface area contributed by atoms with Crippen LogP contribution in [-0.4, -0.2) is 50.0 Å². The summed E-state index contributed by atoms with van der Waals surface area (Å²) in [6.07, 6.45) is 2.83. The zero-order valence-corrected chi connectivity index (χ0v) is 16.1. The average molecular weight is 375 g/mol. The van der Waals surface area contributed by atoms with Crippen LogP contribution in [0.3, 0.4) is 0 Å². The minimum atomic E-state index is 0.0643. The molecule has 2 bridgehead atoms. The van der Waals surface area contributed by atoms with E-state index in [9.17, 15) is 4.79 Å². The number of thiazole rings is 1. The van der Waals surface area contributed by atoms with Gasteiger partial charge in [-0.15, -0.1) is 11.3 Å². The van der Waals surface area contributed by atoms with Gasteiger partial charge < -0.3 is 9.42 Å². The lowest BCUT2D eigenvalue weighted by Crippen LogP contribution is -2.47. The molecular weight excluding hydrogens is 350 g/mol. The molecule has 8 heteroatoms. The molecule has 0 aromatic carbocycles. The van der Waals surface area contributed by atoms with E-state index in [1.54, 1.807) is 11.3 Å². The van der Waals surface area contributed by atoms with Crippen molar-refractivity contribution in [2.45, 2.75) is 52.2 Å². The van der Waals surface area contributed by atoms with Crippen LogP contribution in [0.1, 0.15) is 44.1 Å². The van der Waals surface area contributed by atoms with Crippen molar-refractivity contribution in [2.24, 2.45) is 11.8 Å². The molecule has 2 aromatic rings. The summed E-state index contributed by atoms with van der Waals surface area (Å²) < 4.78 is 5.36. The third kappa shape index (κ3) is 3.81. The van der Waals surface area contributed by atoms with Gasteiger partial charge in [0, 0.05) is 30.9 Å². The topological polar surface area (TPSA) is 75.4 Å². The SMILES string of the molecule is CC(C)Cc1nc(CN2C[C@H]3CC[C@@H](C2)N(Cc2cscn2)C3=O)no1. The molecule has 7 nitrogen and oxygen atoms in total. The van der Waals surface area contributed by atoms with E-state index < -0.39 is 0 Å². The zero-order chi connectivity index (χ0) is 18.1. The molecule has 0 unspecified atom stereocenters. The Balaban J connectivity index is 1.44. The summed E-state index contributed by atoms with van der Waals surface area (Å²) in [4.78, 5) is 26.1. The van der Waals surface area contributed by atoms with E-state index >= 15 is 0 Å². The fourth-order valence-corrected chi connectivity index (χ4v) is 4.49. The average Bonchev–Trinajstić information content (AvgIpc) is 3.18. The lowest BCUT2D eigenvalue weighted by Gasteiger charge is -2.35. The van der Waals surface area contributed by atoms with Gasteiger partial charge in [0.25, 0.3) is 0 Å².